The Labute approximate surface area is 207 Å². The summed E-state index contributed by atoms with van der Waals surface area (Å²) in [5.74, 6) is -1.10. The Morgan fingerprint density at radius 1 is 1.09 bits per heavy atom. The van der Waals surface area contributed by atoms with Crippen molar-refractivity contribution in [3.05, 3.63) is 77.3 Å². The average Bonchev–Trinajstić information content (AvgIpc) is 3.30. The summed E-state index contributed by atoms with van der Waals surface area (Å²) in [5, 5.41) is 17.8. The minimum Gasteiger partial charge on any atom is -0.497 e. The number of thiazole rings is 1. The maximum absolute atomic E-state index is 12.7. The van der Waals surface area contributed by atoms with E-state index in [1.165, 1.54) is 25.0 Å². The monoisotopic (exact) mass is 486 g/mol. The molecular weight excluding hydrogens is 460 g/mol. The fourth-order valence-corrected chi connectivity index (χ4v) is 5.25. The van der Waals surface area contributed by atoms with E-state index in [0.29, 0.717) is 22.9 Å². The van der Waals surface area contributed by atoms with Gasteiger partial charge in [0.2, 0.25) is 5.91 Å². The number of benzene rings is 3. The summed E-state index contributed by atoms with van der Waals surface area (Å²) in [6, 6.07) is 18.7. The fourth-order valence-electron chi connectivity index (χ4n) is 4.35. The van der Waals surface area contributed by atoms with Crippen LogP contribution in [0.2, 0.25) is 0 Å². The molecule has 1 aliphatic rings. The van der Waals surface area contributed by atoms with Crippen molar-refractivity contribution in [2.75, 3.05) is 12.4 Å². The lowest BCUT2D eigenvalue weighted by Crippen LogP contribution is -2.20. The molecule has 0 spiro atoms. The molecule has 2 N–H and O–H groups in total. The van der Waals surface area contributed by atoms with Gasteiger partial charge in [0.15, 0.2) is 0 Å². The number of ether oxygens (including phenoxy) is 1. The minimum atomic E-state index is -1.04. The molecule has 4 aromatic rings. The second kappa shape index (κ2) is 9.88. The third kappa shape index (κ3) is 5.05. The van der Waals surface area contributed by atoms with Crippen molar-refractivity contribution in [2.45, 2.75) is 37.5 Å². The van der Waals surface area contributed by atoms with Crippen molar-refractivity contribution in [2.24, 2.45) is 0 Å². The number of carboxylic acids is 1. The van der Waals surface area contributed by atoms with Crippen molar-refractivity contribution in [3.8, 4) is 16.3 Å². The Balaban J connectivity index is 1.31. The highest BCUT2D eigenvalue weighted by Crippen LogP contribution is 2.38. The molecular formula is C28H26N2O4S. The minimum absolute atomic E-state index is 0.164. The molecule has 1 unspecified atom stereocenters. The molecule has 1 aliphatic carbocycles. The van der Waals surface area contributed by atoms with Gasteiger partial charge in [0.1, 0.15) is 10.8 Å². The normalized spacial score (nSPS) is 14.3. The number of fused-ring (bicyclic) bond motifs is 1. The summed E-state index contributed by atoms with van der Waals surface area (Å²) in [6.07, 6.45) is 3.58. The van der Waals surface area contributed by atoms with E-state index in [2.05, 4.69) is 28.9 Å². The van der Waals surface area contributed by atoms with Gasteiger partial charge in [0.25, 0.3) is 0 Å². The van der Waals surface area contributed by atoms with Crippen molar-refractivity contribution < 1.29 is 19.4 Å². The SMILES string of the molecule is COc1ccc(C(CC(=O)Nc2ccc3ccc(-c4nc(C5CCC5)cs4)cc3c2)C(=O)O)cc1. The van der Waals surface area contributed by atoms with Crippen LogP contribution in [0.15, 0.2) is 66.0 Å². The van der Waals surface area contributed by atoms with Crippen LogP contribution >= 0.6 is 11.3 Å². The number of hydrogen-bond acceptors (Lipinski definition) is 5. The van der Waals surface area contributed by atoms with Crippen molar-refractivity contribution >= 4 is 39.7 Å². The number of rotatable bonds is 8. The third-order valence-corrected chi connectivity index (χ3v) is 7.53. The number of methoxy groups -OCH3 is 1. The molecule has 6 nitrogen and oxygen atoms in total. The summed E-state index contributed by atoms with van der Waals surface area (Å²) in [7, 11) is 1.55. The summed E-state index contributed by atoms with van der Waals surface area (Å²) < 4.78 is 5.13. The van der Waals surface area contributed by atoms with Gasteiger partial charge in [0, 0.05) is 29.0 Å². The lowest BCUT2D eigenvalue weighted by atomic mass is 9.83. The topological polar surface area (TPSA) is 88.5 Å². The van der Waals surface area contributed by atoms with E-state index in [-0.39, 0.29) is 12.3 Å². The number of aliphatic carboxylic acids is 1. The number of aromatic nitrogens is 1. The van der Waals surface area contributed by atoms with Crippen LogP contribution in [0, 0.1) is 0 Å². The highest BCUT2D eigenvalue weighted by atomic mass is 32.1. The van der Waals surface area contributed by atoms with Gasteiger partial charge in [-0.15, -0.1) is 11.3 Å². The Morgan fingerprint density at radius 2 is 1.86 bits per heavy atom. The first-order valence-electron chi connectivity index (χ1n) is 11.7. The van der Waals surface area contributed by atoms with Gasteiger partial charge >= 0.3 is 5.97 Å². The number of anilines is 1. The molecule has 3 aromatic carbocycles. The van der Waals surface area contributed by atoms with Crippen molar-refractivity contribution in [1.29, 1.82) is 0 Å². The largest absolute Gasteiger partial charge is 0.497 e. The van der Waals surface area contributed by atoms with Gasteiger partial charge in [-0.25, -0.2) is 4.98 Å². The van der Waals surface area contributed by atoms with E-state index >= 15 is 0 Å². The van der Waals surface area contributed by atoms with Crippen LogP contribution in [0.1, 0.15) is 48.8 Å². The highest BCUT2D eigenvalue weighted by Gasteiger charge is 2.24. The van der Waals surface area contributed by atoms with Gasteiger partial charge in [-0.2, -0.15) is 0 Å². The van der Waals surface area contributed by atoms with Gasteiger partial charge in [0.05, 0.1) is 18.7 Å². The number of nitrogens with zero attached hydrogens (tertiary/aromatic N) is 1. The number of hydrogen-bond donors (Lipinski definition) is 2. The fraction of sp³-hybridized carbons (Fsp3) is 0.250. The number of carbonyl (C=O) groups excluding carboxylic acids is 1. The van der Waals surface area contributed by atoms with Crippen LogP contribution in [0.25, 0.3) is 21.3 Å². The third-order valence-electron chi connectivity index (χ3n) is 6.62. The van der Waals surface area contributed by atoms with Crippen LogP contribution in [0.4, 0.5) is 5.69 Å². The molecule has 5 rings (SSSR count). The van der Waals surface area contributed by atoms with Crippen LogP contribution in [0.5, 0.6) is 5.75 Å². The Kier molecular flexibility index (Phi) is 6.51. The standard InChI is InChI=1S/C28H26N2O4S/c1-34-23-11-8-18(9-12-23)24(28(32)33)15-26(31)29-22-10-7-17-5-6-20(13-21(17)14-22)27-30-25(16-35-27)19-3-2-4-19/h5-14,16,19,24H,2-4,15H2,1H3,(H,29,31)(H,32,33). The van der Waals surface area contributed by atoms with Gasteiger partial charge in [-0.05, 0) is 59.5 Å². The van der Waals surface area contributed by atoms with E-state index < -0.39 is 11.9 Å². The lowest BCUT2D eigenvalue weighted by molar-refractivity contribution is -0.140. The molecule has 1 atom stereocenters. The second-order valence-corrected chi connectivity index (χ2v) is 9.76. The van der Waals surface area contributed by atoms with Crippen molar-refractivity contribution in [1.82, 2.24) is 4.98 Å². The quantitative estimate of drug-likeness (QED) is 0.299. The molecule has 0 aliphatic heterocycles. The van der Waals surface area contributed by atoms with E-state index in [1.54, 1.807) is 42.7 Å². The molecule has 1 saturated carbocycles. The van der Waals surface area contributed by atoms with Gasteiger partial charge in [-0.3, -0.25) is 9.59 Å². The summed E-state index contributed by atoms with van der Waals surface area (Å²) in [6.45, 7) is 0. The van der Waals surface area contributed by atoms with Crippen LogP contribution in [-0.4, -0.2) is 29.1 Å². The number of amides is 1. The number of carboxylic acid groups (broad SMARTS) is 1. The maximum atomic E-state index is 12.7. The Hall–Kier alpha value is -3.71. The molecule has 7 heteroatoms. The molecule has 1 heterocycles. The molecule has 1 aromatic heterocycles. The molecule has 0 radical (unpaired) electrons. The molecule has 35 heavy (non-hydrogen) atoms. The van der Waals surface area contributed by atoms with Crippen LogP contribution in [0.3, 0.4) is 0 Å². The number of carbonyl (C=O) groups is 2. The Morgan fingerprint density at radius 3 is 2.54 bits per heavy atom. The molecule has 0 saturated heterocycles. The summed E-state index contributed by atoms with van der Waals surface area (Å²) in [4.78, 5) is 29.4. The average molecular weight is 487 g/mol. The first-order chi connectivity index (χ1) is 17.0. The van der Waals surface area contributed by atoms with Crippen molar-refractivity contribution in [3.63, 3.8) is 0 Å². The predicted molar refractivity (Wildman–Crippen MR) is 138 cm³/mol. The first kappa shape index (κ1) is 23.1. The zero-order valence-corrected chi connectivity index (χ0v) is 20.2. The van der Waals surface area contributed by atoms with E-state index in [1.807, 2.05) is 18.2 Å². The Bertz CT molecular complexity index is 1380. The van der Waals surface area contributed by atoms with E-state index in [0.717, 1.165) is 21.3 Å². The summed E-state index contributed by atoms with van der Waals surface area (Å²) in [5.41, 5.74) is 3.44. The lowest BCUT2D eigenvalue weighted by Gasteiger charge is -2.22. The number of nitrogens with one attached hydrogen (secondary N) is 1. The molecule has 178 valence electrons. The van der Waals surface area contributed by atoms with Gasteiger partial charge in [-0.1, -0.05) is 36.8 Å². The second-order valence-electron chi connectivity index (χ2n) is 8.90. The first-order valence-corrected chi connectivity index (χ1v) is 12.5. The van der Waals surface area contributed by atoms with E-state index in [4.69, 9.17) is 9.72 Å². The zero-order valence-electron chi connectivity index (χ0n) is 19.4. The molecule has 1 fully saturated rings. The highest BCUT2D eigenvalue weighted by molar-refractivity contribution is 7.13. The van der Waals surface area contributed by atoms with E-state index in [9.17, 15) is 14.7 Å². The smallest absolute Gasteiger partial charge is 0.311 e. The molecule has 1 amide bonds. The zero-order chi connectivity index (χ0) is 24.4. The maximum Gasteiger partial charge on any atom is 0.311 e. The summed E-state index contributed by atoms with van der Waals surface area (Å²) >= 11 is 1.67. The predicted octanol–water partition coefficient (Wildman–Crippen LogP) is 6.44. The molecule has 0 bridgehead atoms. The van der Waals surface area contributed by atoms with Crippen LogP contribution < -0.4 is 10.1 Å². The van der Waals surface area contributed by atoms with Gasteiger partial charge < -0.3 is 15.2 Å². The van der Waals surface area contributed by atoms with Crippen LogP contribution in [-0.2, 0) is 9.59 Å².